The van der Waals surface area contributed by atoms with Crippen molar-refractivity contribution in [2.75, 3.05) is 0 Å². The molecule has 11 rings (SSSR count). The quantitative estimate of drug-likeness (QED) is 0.240. The van der Waals surface area contributed by atoms with Crippen LogP contribution >= 0.6 is 0 Å². The summed E-state index contributed by atoms with van der Waals surface area (Å²) in [7, 11) is 0. The molecule has 0 saturated heterocycles. The second-order valence-corrected chi connectivity index (χ2v) is 28.8. The normalized spacial score (nSPS) is 50.6. The predicted octanol–water partition coefficient (Wildman–Crippen LogP) is 16.9. The highest BCUT2D eigenvalue weighted by Crippen LogP contribution is 2.65. The Kier molecular flexibility index (Phi) is 13.9. The van der Waals surface area contributed by atoms with Crippen LogP contribution in [0, 0.1) is 93.7 Å². The zero-order chi connectivity index (χ0) is 43.7. The first-order valence-corrected chi connectivity index (χ1v) is 30.6. The fourth-order valence-electron chi connectivity index (χ4n) is 22.3. The van der Waals surface area contributed by atoms with Crippen LogP contribution in [0.5, 0.6) is 0 Å². The lowest BCUT2D eigenvalue weighted by molar-refractivity contribution is -0.0281. The average molecular weight is 880 g/mol. The van der Waals surface area contributed by atoms with Gasteiger partial charge in [0.1, 0.15) is 0 Å². The van der Waals surface area contributed by atoms with E-state index in [0.717, 1.165) is 119 Å². The first kappa shape index (κ1) is 46.3. The Morgan fingerprint density at radius 2 is 0.578 bits per heavy atom. The van der Waals surface area contributed by atoms with Crippen LogP contribution < -0.4 is 0 Å². The van der Waals surface area contributed by atoms with Gasteiger partial charge in [-0.1, -0.05) is 92.9 Å². The molecular formula is C62H106N2. The minimum atomic E-state index is 0.578. The van der Waals surface area contributed by atoms with Crippen LogP contribution in [-0.2, 0) is 0 Å². The van der Waals surface area contributed by atoms with E-state index in [1.807, 2.05) is 0 Å². The maximum Gasteiger partial charge on any atom is 0.0104 e. The van der Waals surface area contributed by atoms with Crippen LogP contribution in [0.3, 0.4) is 0 Å². The number of rotatable bonds is 8. The second kappa shape index (κ2) is 19.3. The molecule has 14 atom stereocenters. The molecule has 0 aromatic rings. The van der Waals surface area contributed by atoms with Crippen molar-refractivity contribution in [3.63, 3.8) is 0 Å². The van der Waals surface area contributed by atoms with Gasteiger partial charge in [-0.15, -0.1) is 0 Å². The van der Waals surface area contributed by atoms with E-state index in [-0.39, 0.29) is 0 Å². The van der Waals surface area contributed by atoms with Crippen molar-refractivity contribution in [2.45, 2.75) is 296 Å². The minimum Gasteiger partial charge on any atom is -0.294 e. The summed E-state index contributed by atoms with van der Waals surface area (Å²) in [6, 6.07) is 5.35. The molecule has 0 aliphatic heterocycles. The number of fused-ring (bicyclic) bond motifs is 6. The van der Waals surface area contributed by atoms with Gasteiger partial charge in [-0.3, -0.25) is 9.80 Å². The van der Waals surface area contributed by atoms with Gasteiger partial charge in [-0.2, -0.15) is 0 Å². The molecule has 0 spiro atoms. The van der Waals surface area contributed by atoms with Crippen LogP contribution in [-0.4, -0.2) is 46.1 Å². The van der Waals surface area contributed by atoms with Gasteiger partial charge >= 0.3 is 0 Å². The molecule has 14 unspecified atom stereocenters. The van der Waals surface area contributed by atoms with Crippen LogP contribution in [0.25, 0.3) is 0 Å². The van der Waals surface area contributed by atoms with E-state index in [1.165, 1.54) is 116 Å². The van der Waals surface area contributed by atoms with Crippen molar-refractivity contribution in [3.8, 4) is 0 Å². The van der Waals surface area contributed by atoms with E-state index >= 15 is 0 Å². The van der Waals surface area contributed by atoms with E-state index in [0.29, 0.717) is 10.8 Å². The molecule has 0 radical (unpaired) electrons. The van der Waals surface area contributed by atoms with E-state index in [1.54, 1.807) is 103 Å². The van der Waals surface area contributed by atoms with Gasteiger partial charge in [0.05, 0.1) is 0 Å². The molecule has 0 amide bonds. The Labute approximate surface area is 397 Å². The maximum absolute atomic E-state index is 3.34. The SMILES string of the molecule is CC1CCCC(N(C2CCC(C3CCC(C4CCC(N(C5CCCC(C)C5)C5CCC6C7CCCCC7C(C)(C)C6C5)CC4)CC3)CC2)C2CCC3C4CCCCC4C(C)(C)C3C2)C1. The highest BCUT2D eigenvalue weighted by Gasteiger charge is 2.59. The van der Waals surface area contributed by atoms with Crippen molar-refractivity contribution in [2.24, 2.45) is 93.7 Å². The van der Waals surface area contributed by atoms with Gasteiger partial charge < -0.3 is 0 Å². The predicted molar refractivity (Wildman–Crippen MR) is 271 cm³/mol. The van der Waals surface area contributed by atoms with Gasteiger partial charge in [0, 0.05) is 36.3 Å². The number of hydrogen-bond donors (Lipinski definition) is 0. The summed E-state index contributed by atoms with van der Waals surface area (Å²) in [5.74, 6) is 14.4. The third kappa shape index (κ3) is 8.76. The van der Waals surface area contributed by atoms with Crippen LogP contribution in [0.15, 0.2) is 0 Å². The third-order valence-corrected chi connectivity index (χ3v) is 25.3. The fourth-order valence-corrected chi connectivity index (χ4v) is 22.3. The smallest absolute Gasteiger partial charge is 0.0104 e. The van der Waals surface area contributed by atoms with Crippen molar-refractivity contribution in [1.82, 2.24) is 9.80 Å². The molecule has 11 saturated carbocycles. The summed E-state index contributed by atoms with van der Waals surface area (Å²) in [5.41, 5.74) is 1.16. The van der Waals surface area contributed by atoms with Crippen molar-refractivity contribution in [3.05, 3.63) is 0 Å². The Bertz CT molecular complexity index is 1390. The van der Waals surface area contributed by atoms with E-state index in [9.17, 15) is 0 Å². The summed E-state index contributed by atoms with van der Waals surface area (Å²) in [6.45, 7) is 16.2. The summed E-state index contributed by atoms with van der Waals surface area (Å²) in [5, 5.41) is 0. The molecule has 0 bridgehead atoms. The zero-order valence-electron chi connectivity index (χ0n) is 43.5. The van der Waals surface area contributed by atoms with E-state index in [4.69, 9.17) is 0 Å². The lowest BCUT2D eigenvalue weighted by atomic mass is 9.65. The molecule has 364 valence electrons. The highest BCUT2D eigenvalue weighted by atomic mass is 15.2. The van der Waals surface area contributed by atoms with E-state index in [2.05, 4.69) is 51.3 Å². The van der Waals surface area contributed by atoms with Crippen LogP contribution in [0.1, 0.15) is 260 Å². The van der Waals surface area contributed by atoms with Gasteiger partial charge in [-0.05, 0) is 261 Å². The molecule has 0 aromatic heterocycles. The fraction of sp³-hybridized carbons (Fsp3) is 1.00. The summed E-state index contributed by atoms with van der Waals surface area (Å²) < 4.78 is 0. The van der Waals surface area contributed by atoms with Crippen LogP contribution in [0.4, 0.5) is 0 Å². The molecule has 11 aliphatic rings. The summed E-state index contributed by atoms with van der Waals surface area (Å²) in [4.78, 5) is 6.69. The molecule has 0 aromatic carbocycles. The lowest BCUT2D eigenvalue weighted by Gasteiger charge is -2.52. The lowest BCUT2D eigenvalue weighted by Crippen LogP contribution is -2.54. The maximum atomic E-state index is 3.34. The Morgan fingerprint density at radius 1 is 0.266 bits per heavy atom. The molecule has 0 N–H and O–H groups in total. The molecule has 2 heteroatoms. The van der Waals surface area contributed by atoms with Gasteiger partial charge in [0.2, 0.25) is 0 Å². The summed E-state index contributed by atoms with van der Waals surface area (Å²) >= 11 is 0. The topological polar surface area (TPSA) is 6.48 Å². The minimum absolute atomic E-state index is 0.578. The van der Waals surface area contributed by atoms with Crippen molar-refractivity contribution < 1.29 is 0 Å². The zero-order valence-corrected chi connectivity index (χ0v) is 43.5. The number of hydrogen-bond acceptors (Lipinski definition) is 2. The van der Waals surface area contributed by atoms with Gasteiger partial charge in [0.25, 0.3) is 0 Å². The first-order valence-electron chi connectivity index (χ1n) is 30.6. The monoisotopic (exact) mass is 879 g/mol. The Balaban J connectivity index is 0.687. The number of nitrogens with zero attached hydrogens (tertiary/aromatic N) is 2. The van der Waals surface area contributed by atoms with E-state index < -0.39 is 0 Å². The van der Waals surface area contributed by atoms with Crippen LogP contribution in [0.2, 0.25) is 0 Å². The second-order valence-electron chi connectivity index (χ2n) is 28.8. The Morgan fingerprint density at radius 3 is 0.953 bits per heavy atom. The molecule has 11 fully saturated rings. The Hall–Kier alpha value is -0.0800. The van der Waals surface area contributed by atoms with Crippen molar-refractivity contribution >= 4 is 0 Å². The van der Waals surface area contributed by atoms with Gasteiger partial charge in [0.15, 0.2) is 0 Å². The van der Waals surface area contributed by atoms with Gasteiger partial charge in [-0.25, -0.2) is 0 Å². The molecule has 0 heterocycles. The molecule has 11 aliphatic carbocycles. The molecular weight excluding hydrogens is 773 g/mol. The average Bonchev–Trinajstić information content (AvgIpc) is 3.69. The molecule has 64 heavy (non-hydrogen) atoms. The summed E-state index contributed by atoms with van der Waals surface area (Å²) in [6.07, 6.45) is 52.4. The highest BCUT2D eigenvalue weighted by molar-refractivity contribution is 5.09. The third-order valence-electron chi connectivity index (χ3n) is 25.3. The van der Waals surface area contributed by atoms with Crippen molar-refractivity contribution in [1.29, 1.82) is 0 Å². The standard InChI is InChI=1S/C62H106N2/c1-41-13-11-15-49(37-41)63(51-33-35-55-53-17-7-9-19-57(53)61(3,4)59(55)39-51)47-29-25-45(26-30-47)43-21-23-44(24-22-43)46-27-31-48(32-28-46)64(50-16-12-14-42(2)38-50)52-34-36-56-54-18-8-10-20-58(54)62(5,6)60(56)40-52/h41-60H,7-40H2,1-6H3. The molecule has 2 nitrogen and oxygen atoms in total. The first-order chi connectivity index (χ1) is 31.0. The largest absolute Gasteiger partial charge is 0.294 e.